The van der Waals surface area contributed by atoms with Crippen molar-refractivity contribution in [2.24, 2.45) is 5.92 Å². The number of rotatable bonds is 1. The summed E-state index contributed by atoms with van der Waals surface area (Å²) in [5.41, 5.74) is 0.319. The van der Waals surface area contributed by atoms with Crippen molar-refractivity contribution < 1.29 is 4.74 Å². The Hall–Kier alpha value is -0.0400. The van der Waals surface area contributed by atoms with Crippen molar-refractivity contribution in [3.05, 3.63) is 0 Å². The van der Waals surface area contributed by atoms with Crippen molar-refractivity contribution in [1.29, 1.82) is 0 Å². The minimum atomic E-state index is 0.319. The SMILES string of the molecule is CC1OC1(C)C1CC1. The second-order valence-corrected chi connectivity index (χ2v) is 3.22. The molecule has 46 valence electrons. The summed E-state index contributed by atoms with van der Waals surface area (Å²) in [7, 11) is 0. The third-order valence-electron chi connectivity index (χ3n) is 2.57. The second-order valence-electron chi connectivity index (χ2n) is 3.22. The van der Waals surface area contributed by atoms with Crippen LogP contribution in [-0.4, -0.2) is 11.7 Å². The van der Waals surface area contributed by atoms with Crippen LogP contribution in [0.25, 0.3) is 0 Å². The molecule has 1 aliphatic carbocycles. The van der Waals surface area contributed by atoms with E-state index in [9.17, 15) is 0 Å². The summed E-state index contributed by atoms with van der Waals surface area (Å²) in [6.07, 6.45) is 3.36. The molecule has 0 spiro atoms. The highest BCUT2D eigenvalue weighted by Gasteiger charge is 2.58. The van der Waals surface area contributed by atoms with Crippen LogP contribution in [0.15, 0.2) is 0 Å². The highest BCUT2D eigenvalue weighted by Crippen LogP contribution is 2.53. The molecule has 1 nitrogen and oxygen atoms in total. The maximum absolute atomic E-state index is 5.43. The molecule has 2 unspecified atom stereocenters. The Balaban J connectivity index is 2.04. The summed E-state index contributed by atoms with van der Waals surface area (Å²) >= 11 is 0. The van der Waals surface area contributed by atoms with E-state index in [2.05, 4.69) is 13.8 Å². The van der Waals surface area contributed by atoms with E-state index in [0.717, 1.165) is 5.92 Å². The van der Waals surface area contributed by atoms with Gasteiger partial charge in [0.2, 0.25) is 0 Å². The Morgan fingerprint density at radius 3 is 2.12 bits per heavy atom. The first-order chi connectivity index (χ1) is 3.73. The highest BCUT2D eigenvalue weighted by atomic mass is 16.6. The smallest absolute Gasteiger partial charge is 0.0945 e. The number of ether oxygens (including phenoxy) is 1. The van der Waals surface area contributed by atoms with Gasteiger partial charge in [-0.2, -0.15) is 0 Å². The molecule has 0 amide bonds. The summed E-state index contributed by atoms with van der Waals surface area (Å²) in [4.78, 5) is 0. The van der Waals surface area contributed by atoms with E-state index in [1.807, 2.05) is 0 Å². The lowest BCUT2D eigenvalue weighted by atomic mass is 10.0. The molecule has 0 bridgehead atoms. The summed E-state index contributed by atoms with van der Waals surface area (Å²) in [6, 6.07) is 0. The van der Waals surface area contributed by atoms with Crippen LogP contribution < -0.4 is 0 Å². The number of epoxide rings is 1. The summed E-state index contributed by atoms with van der Waals surface area (Å²) in [5.74, 6) is 0.914. The molecule has 2 rings (SSSR count). The fourth-order valence-corrected chi connectivity index (χ4v) is 1.43. The average Bonchev–Trinajstić information content (AvgIpc) is 2.44. The lowest BCUT2D eigenvalue weighted by molar-refractivity contribution is 0.287. The molecule has 2 fully saturated rings. The van der Waals surface area contributed by atoms with Crippen LogP contribution >= 0.6 is 0 Å². The predicted molar refractivity (Wildman–Crippen MR) is 31.7 cm³/mol. The van der Waals surface area contributed by atoms with Crippen molar-refractivity contribution in [2.75, 3.05) is 0 Å². The van der Waals surface area contributed by atoms with E-state index in [-0.39, 0.29) is 0 Å². The monoisotopic (exact) mass is 112 g/mol. The second kappa shape index (κ2) is 1.10. The Morgan fingerprint density at radius 1 is 1.50 bits per heavy atom. The number of hydrogen-bond donors (Lipinski definition) is 0. The molecular formula is C7H12O. The molecule has 8 heavy (non-hydrogen) atoms. The molecule has 1 aliphatic heterocycles. The summed E-state index contributed by atoms with van der Waals surface area (Å²) in [6.45, 7) is 4.40. The lowest BCUT2D eigenvalue weighted by Gasteiger charge is -1.97. The van der Waals surface area contributed by atoms with Crippen molar-refractivity contribution in [3.8, 4) is 0 Å². The van der Waals surface area contributed by atoms with Gasteiger partial charge in [-0.25, -0.2) is 0 Å². The first-order valence-electron chi connectivity index (χ1n) is 3.41. The maximum Gasteiger partial charge on any atom is 0.0945 e. The van der Waals surface area contributed by atoms with Crippen LogP contribution in [0, 0.1) is 5.92 Å². The zero-order chi connectivity index (χ0) is 5.78. The third kappa shape index (κ3) is 0.455. The van der Waals surface area contributed by atoms with Crippen molar-refractivity contribution >= 4 is 0 Å². The third-order valence-corrected chi connectivity index (χ3v) is 2.57. The molecule has 2 atom stereocenters. The highest BCUT2D eigenvalue weighted by molar-refractivity contribution is 5.06. The molecule has 1 heteroatoms. The van der Waals surface area contributed by atoms with Crippen LogP contribution in [0.4, 0.5) is 0 Å². The van der Waals surface area contributed by atoms with Gasteiger partial charge in [0.1, 0.15) is 0 Å². The Morgan fingerprint density at radius 2 is 2.00 bits per heavy atom. The molecule has 2 aliphatic rings. The Bertz CT molecular complexity index is 118. The first kappa shape index (κ1) is 4.80. The van der Waals surface area contributed by atoms with Gasteiger partial charge in [-0.3, -0.25) is 0 Å². The summed E-state index contributed by atoms with van der Waals surface area (Å²) < 4.78 is 5.43. The van der Waals surface area contributed by atoms with Gasteiger partial charge in [-0.05, 0) is 32.6 Å². The van der Waals surface area contributed by atoms with E-state index in [1.165, 1.54) is 12.8 Å². The molecule has 0 aromatic heterocycles. The molecule has 1 saturated carbocycles. The van der Waals surface area contributed by atoms with Gasteiger partial charge in [0.15, 0.2) is 0 Å². The minimum Gasteiger partial charge on any atom is -0.366 e. The molecule has 1 saturated heterocycles. The molecule has 0 aromatic rings. The van der Waals surface area contributed by atoms with Crippen LogP contribution in [-0.2, 0) is 4.74 Å². The fourth-order valence-electron chi connectivity index (χ4n) is 1.43. The van der Waals surface area contributed by atoms with Crippen molar-refractivity contribution in [3.63, 3.8) is 0 Å². The zero-order valence-electron chi connectivity index (χ0n) is 5.48. The standard InChI is InChI=1S/C7H12O/c1-5-7(2,8-5)6-3-4-6/h5-6H,3-4H2,1-2H3. The average molecular weight is 112 g/mol. The first-order valence-corrected chi connectivity index (χ1v) is 3.41. The predicted octanol–water partition coefficient (Wildman–Crippen LogP) is 1.57. The Labute approximate surface area is 50.0 Å². The maximum atomic E-state index is 5.43. The molecule has 0 N–H and O–H groups in total. The molecule has 0 radical (unpaired) electrons. The zero-order valence-corrected chi connectivity index (χ0v) is 5.48. The van der Waals surface area contributed by atoms with Crippen LogP contribution in [0.3, 0.4) is 0 Å². The van der Waals surface area contributed by atoms with E-state index in [0.29, 0.717) is 11.7 Å². The molecular weight excluding hydrogens is 100 g/mol. The van der Waals surface area contributed by atoms with E-state index in [4.69, 9.17) is 4.74 Å². The van der Waals surface area contributed by atoms with Gasteiger partial charge in [0.25, 0.3) is 0 Å². The summed E-state index contributed by atoms with van der Waals surface area (Å²) in [5, 5.41) is 0. The van der Waals surface area contributed by atoms with Crippen LogP contribution in [0.2, 0.25) is 0 Å². The quantitative estimate of drug-likeness (QED) is 0.469. The van der Waals surface area contributed by atoms with Gasteiger partial charge in [0.05, 0.1) is 11.7 Å². The van der Waals surface area contributed by atoms with Crippen LogP contribution in [0.1, 0.15) is 26.7 Å². The van der Waals surface area contributed by atoms with Gasteiger partial charge in [0, 0.05) is 0 Å². The van der Waals surface area contributed by atoms with E-state index >= 15 is 0 Å². The fraction of sp³-hybridized carbons (Fsp3) is 1.00. The van der Waals surface area contributed by atoms with Gasteiger partial charge < -0.3 is 4.74 Å². The largest absolute Gasteiger partial charge is 0.366 e. The topological polar surface area (TPSA) is 12.5 Å². The number of hydrogen-bond acceptors (Lipinski definition) is 1. The van der Waals surface area contributed by atoms with Crippen molar-refractivity contribution in [1.82, 2.24) is 0 Å². The van der Waals surface area contributed by atoms with Crippen LogP contribution in [0.5, 0.6) is 0 Å². The Kier molecular flexibility index (Phi) is 0.663. The van der Waals surface area contributed by atoms with E-state index < -0.39 is 0 Å². The molecule has 0 aromatic carbocycles. The normalized spacial score (nSPS) is 54.0. The van der Waals surface area contributed by atoms with E-state index in [1.54, 1.807) is 0 Å². The minimum absolute atomic E-state index is 0.319. The lowest BCUT2D eigenvalue weighted by Crippen LogP contribution is -2.09. The van der Waals surface area contributed by atoms with Gasteiger partial charge in [-0.1, -0.05) is 0 Å². The van der Waals surface area contributed by atoms with Gasteiger partial charge >= 0.3 is 0 Å². The van der Waals surface area contributed by atoms with Crippen molar-refractivity contribution in [2.45, 2.75) is 38.4 Å². The molecule has 1 heterocycles. The van der Waals surface area contributed by atoms with Gasteiger partial charge in [-0.15, -0.1) is 0 Å².